The topological polar surface area (TPSA) is 52.6 Å². The summed E-state index contributed by atoms with van der Waals surface area (Å²) in [7, 11) is 0. The summed E-state index contributed by atoms with van der Waals surface area (Å²) < 4.78 is 0. The Kier molecular flexibility index (Phi) is 5.92. The van der Waals surface area contributed by atoms with Gasteiger partial charge >= 0.3 is 0 Å². The first-order chi connectivity index (χ1) is 8.04. The summed E-state index contributed by atoms with van der Waals surface area (Å²) in [6.45, 7) is 8.44. The molecule has 17 heavy (non-hydrogen) atoms. The van der Waals surface area contributed by atoms with E-state index in [4.69, 9.17) is 0 Å². The van der Waals surface area contributed by atoms with E-state index >= 15 is 0 Å². The van der Waals surface area contributed by atoms with Crippen molar-refractivity contribution in [2.75, 3.05) is 19.6 Å². The van der Waals surface area contributed by atoms with Gasteiger partial charge in [-0.1, -0.05) is 6.92 Å². The number of nitrogens with zero attached hydrogens (tertiary/aromatic N) is 1. The molecule has 1 aliphatic heterocycles. The second-order valence-corrected chi connectivity index (χ2v) is 5.12. The van der Waals surface area contributed by atoms with E-state index in [2.05, 4.69) is 12.2 Å². The van der Waals surface area contributed by atoms with Gasteiger partial charge in [-0.15, -0.1) is 0 Å². The van der Waals surface area contributed by atoms with Crippen molar-refractivity contribution in [1.82, 2.24) is 10.2 Å². The summed E-state index contributed by atoms with van der Waals surface area (Å²) in [5, 5.41) is 12.8. The first-order valence-electron chi connectivity index (χ1n) is 6.73. The van der Waals surface area contributed by atoms with Gasteiger partial charge < -0.3 is 15.3 Å². The first-order valence-corrected chi connectivity index (χ1v) is 6.73. The third-order valence-electron chi connectivity index (χ3n) is 3.61. The van der Waals surface area contributed by atoms with Crippen LogP contribution in [0.25, 0.3) is 0 Å². The molecular formula is C13H26N2O2. The molecule has 1 fully saturated rings. The smallest absolute Gasteiger partial charge is 0.224 e. The summed E-state index contributed by atoms with van der Waals surface area (Å²) in [4.78, 5) is 13.9. The number of rotatable bonds is 5. The summed E-state index contributed by atoms with van der Waals surface area (Å²) in [6.07, 6.45) is 2.19. The number of likely N-dealkylation sites (tertiary alicyclic amines) is 1. The van der Waals surface area contributed by atoms with Crippen molar-refractivity contribution in [3.05, 3.63) is 0 Å². The van der Waals surface area contributed by atoms with Gasteiger partial charge in [-0.2, -0.15) is 0 Å². The summed E-state index contributed by atoms with van der Waals surface area (Å²) in [5.41, 5.74) is 0. The molecule has 0 aromatic rings. The van der Waals surface area contributed by atoms with E-state index in [0.29, 0.717) is 12.3 Å². The first kappa shape index (κ1) is 14.5. The van der Waals surface area contributed by atoms with Crippen LogP contribution in [0.15, 0.2) is 0 Å². The van der Waals surface area contributed by atoms with Crippen LogP contribution < -0.4 is 5.32 Å². The Labute approximate surface area is 104 Å². The highest BCUT2D eigenvalue weighted by Crippen LogP contribution is 2.21. The largest absolute Gasteiger partial charge is 0.393 e. The molecule has 0 aliphatic carbocycles. The molecule has 1 heterocycles. The van der Waals surface area contributed by atoms with Crippen LogP contribution in [0, 0.1) is 5.92 Å². The molecular weight excluding hydrogens is 216 g/mol. The number of aliphatic hydroxyl groups is 1. The van der Waals surface area contributed by atoms with Crippen molar-refractivity contribution in [1.29, 1.82) is 0 Å². The Balaban J connectivity index is 2.30. The van der Waals surface area contributed by atoms with Crippen LogP contribution in [0.1, 0.15) is 40.0 Å². The number of amides is 1. The Morgan fingerprint density at radius 3 is 2.47 bits per heavy atom. The number of piperidine rings is 1. The lowest BCUT2D eigenvalue weighted by Crippen LogP contribution is -2.43. The molecule has 1 rings (SSSR count). The molecule has 0 aromatic carbocycles. The predicted molar refractivity (Wildman–Crippen MR) is 68.7 cm³/mol. The van der Waals surface area contributed by atoms with Gasteiger partial charge in [0.05, 0.1) is 6.10 Å². The molecule has 2 unspecified atom stereocenters. The van der Waals surface area contributed by atoms with Crippen molar-refractivity contribution in [3.63, 3.8) is 0 Å². The van der Waals surface area contributed by atoms with Gasteiger partial charge in [0.1, 0.15) is 0 Å². The Bertz CT molecular complexity index is 236. The van der Waals surface area contributed by atoms with E-state index in [-0.39, 0.29) is 18.1 Å². The zero-order chi connectivity index (χ0) is 12.8. The predicted octanol–water partition coefficient (Wildman–Crippen LogP) is 0.994. The Morgan fingerprint density at radius 2 is 2.00 bits per heavy atom. The van der Waals surface area contributed by atoms with Crippen molar-refractivity contribution in [2.24, 2.45) is 5.92 Å². The minimum absolute atomic E-state index is 0.238. The monoisotopic (exact) mass is 242 g/mol. The van der Waals surface area contributed by atoms with Gasteiger partial charge in [0.2, 0.25) is 5.91 Å². The molecule has 0 bridgehead atoms. The van der Waals surface area contributed by atoms with E-state index in [1.54, 1.807) is 0 Å². The quantitative estimate of drug-likeness (QED) is 0.756. The Hall–Kier alpha value is -0.610. The maximum atomic E-state index is 12.0. The average Bonchev–Trinajstić information content (AvgIpc) is 2.29. The van der Waals surface area contributed by atoms with Crippen LogP contribution in [0.3, 0.4) is 0 Å². The standard InChI is InChI=1S/C13H26N2O2/c1-4-14-10(2)9-13(17)15-7-5-12(6-8-15)11(3)16/h10-12,14,16H,4-9H2,1-3H3. The maximum absolute atomic E-state index is 12.0. The SMILES string of the molecule is CCNC(C)CC(=O)N1CCC(C(C)O)CC1. The molecule has 1 amide bonds. The van der Waals surface area contributed by atoms with E-state index in [1.807, 2.05) is 18.7 Å². The number of carbonyl (C=O) groups is 1. The molecule has 1 aliphatic rings. The van der Waals surface area contributed by atoms with Gasteiger partial charge in [-0.05, 0) is 39.2 Å². The minimum Gasteiger partial charge on any atom is -0.393 e. The lowest BCUT2D eigenvalue weighted by Gasteiger charge is -2.33. The molecule has 0 radical (unpaired) electrons. The van der Waals surface area contributed by atoms with E-state index in [1.165, 1.54) is 0 Å². The summed E-state index contributed by atoms with van der Waals surface area (Å²) >= 11 is 0. The third-order valence-corrected chi connectivity index (χ3v) is 3.61. The number of nitrogens with one attached hydrogen (secondary N) is 1. The molecule has 100 valence electrons. The number of hydrogen-bond donors (Lipinski definition) is 2. The lowest BCUT2D eigenvalue weighted by molar-refractivity contribution is -0.133. The van der Waals surface area contributed by atoms with Crippen LogP contribution in [0.4, 0.5) is 0 Å². The second-order valence-electron chi connectivity index (χ2n) is 5.12. The van der Waals surface area contributed by atoms with Gasteiger partial charge in [0.25, 0.3) is 0 Å². The number of aliphatic hydroxyl groups excluding tert-OH is 1. The maximum Gasteiger partial charge on any atom is 0.224 e. The highest BCUT2D eigenvalue weighted by atomic mass is 16.3. The summed E-state index contributed by atoms with van der Waals surface area (Å²) in [5.74, 6) is 0.604. The van der Waals surface area contributed by atoms with Gasteiger partial charge in [0, 0.05) is 25.6 Å². The second kappa shape index (κ2) is 6.97. The normalized spacial score (nSPS) is 21.3. The van der Waals surface area contributed by atoms with E-state index in [0.717, 1.165) is 32.5 Å². The van der Waals surface area contributed by atoms with Crippen molar-refractivity contribution >= 4 is 5.91 Å². The molecule has 0 spiro atoms. The molecule has 4 nitrogen and oxygen atoms in total. The molecule has 0 aromatic heterocycles. The molecule has 2 N–H and O–H groups in total. The van der Waals surface area contributed by atoms with Gasteiger partial charge in [-0.3, -0.25) is 4.79 Å². The van der Waals surface area contributed by atoms with Gasteiger partial charge in [-0.25, -0.2) is 0 Å². The molecule has 1 saturated heterocycles. The van der Waals surface area contributed by atoms with Crippen molar-refractivity contribution in [3.8, 4) is 0 Å². The Morgan fingerprint density at radius 1 is 1.41 bits per heavy atom. The fraction of sp³-hybridized carbons (Fsp3) is 0.923. The zero-order valence-corrected chi connectivity index (χ0v) is 11.3. The van der Waals surface area contributed by atoms with Crippen LogP contribution in [-0.2, 0) is 4.79 Å². The number of hydrogen-bond acceptors (Lipinski definition) is 3. The van der Waals surface area contributed by atoms with Crippen LogP contribution in [0.2, 0.25) is 0 Å². The van der Waals surface area contributed by atoms with Crippen molar-refractivity contribution in [2.45, 2.75) is 52.2 Å². The third kappa shape index (κ3) is 4.64. The fourth-order valence-corrected chi connectivity index (χ4v) is 2.44. The van der Waals surface area contributed by atoms with E-state index < -0.39 is 0 Å². The van der Waals surface area contributed by atoms with Crippen LogP contribution in [-0.4, -0.2) is 47.7 Å². The highest BCUT2D eigenvalue weighted by molar-refractivity contribution is 5.76. The zero-order valence-electron chi connectivity index (χ0n) is 11.3. The highest BCUT2D eigenvalue weighted by Gasteiger charge is 2.25. The number of carbonyl (C=O) groups excluding carboxylic acids is 1. The lowest BCUT2D eigenvalue weighted by atomic mass is 9.92. The minimum atomic E-state index is -0.243. The summed E-state index contributed by atoms with van der Waals surface area (Å²) in [6, 6.07) is 0.252. The van der Waals surface area contributed by atoms with E-state index in [9.17, 15) is 9.90 Å². The van der Waals surface area contributed by atoms with Crippen LogP contribution >= 0.6 is 0 Å². The van der Waals surface area contributed by atoms with Crippen molar-refractivity contribution < 1.29 is 9.90 Å². The molecule has 0 saturated carbocycles. The molecule has 2 atom stereocenters. The molecule has 4 heteroatoms. The van der Waals surface area contributed by atoms with Crippen LogP contribution in [0.5, 0.6) is 0 Å². The van der Waals surface area contributed by atoms with Gasteiger partial charge in [0.15, 0.2) is 0 Å². The fourth-order valence-electron chi connectivity index (χ4n) is 2.44. The average molecular weight is 242 g/mol.